The Kier molecular flexibility index (Phi) is 7.77. The van der Waals surface area contributed by atoms with Crippen LogP contribution in [0.25, 0.3) is 10.9 Å². The fraction of sp³-hybridized carbons (Fsp3) is 0.500. The van der Waals surface area contributed by atoms with E-state index >= 15 is 0 Å². The molecule has 0 atom stereocenters. The Morgan fingerprint density at radius 2 is 1.65 bits per heavy atom. The van der Waals surface area contributed by atoms with Gasteiger partial charge in [-0.1, -0.05) is 63.2 Å². The van der Waals surface area contributed by atoms with E-state index in [9.17, 15) is 0 Å². The summed E-state index contributed by atoms with van der Waals surface area (Å²) in [7, 11) is 4.20. The Morgan fingerprint density at radius 3 is 2.32 bits per heavy atom. The first-order valence-electron chi connectivity index (χ1n) is 12.9. The van der Waals surface area contributed by atoms with Crippen molar-refractivity contribution in [3.8, 4) is 0 Å². The smallest absolute Gasteiger partial charge is 0.128 e. The number of aromatic nitrogens is 1. The molecule has 4 heteroatoms. The van der Waals surface area contributed by atoms with E-state index in [0.29, 0.717) is 6.04 Å². The van der Waals surface area contributed by atoms with Crippen LogP contribution in [0.5, 0.6) is 0 Å². The minimum atomic E-state index is 0.226. The van der Waals surface area contributed by atoms with Crippen molar-refractivity contribution in [3.05, 3.63) is 65.7 Å². The van der Waals surface area contributed by atoms with Crippen LogP contribution in [-0.4, -0.2) is 38.2 Å². The van der Waals surface area contributed by atoms with Crippen molar-refractivity contribution < 1.29 is 0 Å². The number of anilines is 2. The third kappa shape index (κ3) is 6.29. The minimum absolute atomic E-state index is 0.226. The van der Waals surface area contributed by atoms with Crippen molar-refractivity contribution in [1.82, 2.24) is 10.3 Å². The molecular formula is C30H42N4. The van der Waals surface area contributed by atoms with E-state index in [1.165, 1.54) is 47.9 Å². The van der Waals surface area contributed by atoms with Gasteiger partial charge in [-0.3, -0.25) is 0 Å². The maximum atomic E-state index is 4.89. The van der Waals surface area contributed by atoms with Crippen molar-refractivity contribution in [1.29, 1.82) is 0 Å². The lowest BCUT2D eigenvalue weighted by molar-refractivity contribution is 0.325. The van der Waals surface area contributed by atoms with Gasteiger partial charge in [0.1, 0.15) is 5.82 Å². The Balaban J connectivity index is 1.21. The highest BCUT2D eigenvalue weighted by Crippen LogP contribution is 2.30. The second kappa shape index (κ2) is 10.8. The van der Waals surface area contributed by atoms with E-state index in [1.54, 1.807) is 0 Å². The summed E-state index contributed by atoms with van der Waals surface area (Å²) in [5.74, 6) is 1.78. The van der Waals surface area contributed by atoms with E-state index in [-0.39, 0.29) is 5.41 Å². The van der Waals surface area contributed by atoms with E-state index in [1.807, 2.05) is 0 Å². The molecule has 4 nitrogen and oxygen atoms in total. The van der Waals surface area contributed by atoms with Crippen LogP contribution >= 0.6 is 0 Å². The normalized spacial score (nSPS) is 18.7. The number of nitrogens with zero attached hydrogens (tertiary/aromatic N) is 2. The maximum Gasteiger partial charge on any atom is 0.128 e. The highest BCUT2D eigenvalue weighted by Gasteiger charge is 2.21. The van der Waals surface area contributed by atoms with Crippen LogP contribution in [0.15, 0.2) is 54.6 Å². The molecule has 2 N–H and O–H groups in total. The third-order valence-electron chi connectivity index (χ3n) is 7.22. The summed E-state index contributed by atoms with van der Waals surface area (Å²) in [6.07, 6.45) is 6.08. The third-order valence-corrected chi connectivity index (χ3v) is 7.22. The van der Waals surface area contributed by atoms with Gasteiger partial charge in [-0.25, -0.2) is 4.98 Å². The summed E-state index contributed by atoms with van der Waals surface area (Å²) in [5, 5.41) is 8.66. The Morgan fingerprint density at radius 1 is 0.941 bits per heavy atom. The summed E-state index contributed by atoms with van der Waals surface area (Å²) >= 11 is 0. The summed E-state index contributed by atoms with van der Waals surface area (Å²) in [4.78, 5) is 7.07. The van der Waals surface area contributed by atoms with Gasteiger partial charge in [0.05, 0.1) is 5.52 Å². The number of para-hydroxylation sites is 1. The predicted molar refractivity (Wildman–Crippen MR) is 147 cm³/mol. The van der Waals surface area contributed by atoms with Crippen LogP contribution in [0.1, 0.15) is 57.6 Å². The molecule has 182 valence electrons. The first-order chi connectivity index (χ1) is 16.3. The SMILES string of the molecule is CN(C)c1cc(NC2CCC(CNCCc3ccc(C(C)(C)C)cc3)CC2)nc2ccccc12. The molecule has 0 saturated heterocycles. The van der Waals surface area contributed by atoms with E-state index in [4.69, 9.17) is 4.98 Å². The number of hydrogen-bond acceptors (Lipinski definition) is 4. The highest BCUT2D eigenvalue weighted by atomic mass is 15.1. The topological polar surface area (TPSA) is 40.2 Å². The molecule has 0 amide bonds. The molecule has 1 aliphatic rings. The molecule has 1 aliphatic carbocycles. The van der Waals surface area contributed by atoms with E-state index in [0.717, 1.165) is 36.8 Å². The number of fused-ring (bicyclic) bond motifs is 1. The standard InChI is InChI=1S/C30H42N4/c1-30(2,3)24-14-10-22(11-15-24)18-19-31-21-23-12-16-25(17-13-23)32-29-20-28(34(4)5)26-8-6-7-9-27(26)33-29/h6-11,14-15,20,23,25,31H,12-13,16-19,21H2,1-5H3,(H,32,33). The average Bonchev–Trinajstić information content (AvgIpc) is 2.82. The van der Waals surface area contributed by atoms with Crippen molar-refractivity contribution in [2.24, 2.45) is 5.92 Å². The van der Waals surface area contributed by atoms with Crippen molar-refractivity contribution >= 4 is 22.4 Å². The van der Waals surface area contributed by atoms with Gasteiger partial charge in [0, 0.05) is 37.3 Å². The van der Waals surface area contributed by atoms with Gasteiger partial charge in [-0.05, 0) is 73.7 Å². The number of hydrogen-bond donors (Lipinski definition) is 2. The van der Waals surface area contributed by atoms with Gasteiger partial charge in [-0.15, -0.1) is 0 Å². The van der Waals surface area contributed by atoms with E-state index < -0.39 is 0 Å². The zero-order valence-electron chi connectivity index (χ0n) is 21.7. The lowest BCUT2D eigenvalue weighted by Gasteiger charge is -2.30. The number of benzene rings is 2. The largest absolute Gasteiger partial charge is 0.377 e. The molecule has 0 unspecified atom stereocenters. The Labute approximate surface area is 206 Å². The molecule has 0 bridgehead atoms. The van der Waals surface area contributed by atoms with Gasteiger partial charge < -0.3 is 15.5 Å². The number of nitrogens with one attached hydrogen (secondary N) is 2. The van der Waals surface area contributed by atoms with Crippen molar-refractivity contribution in [2.75, 3.05) is 37.4 Å². The second-order valence-electron chi connectivity index (χ2n) is 11.2. The fourth-order valence-electron chi connectivity index (χ4n) is 5.03. The zero-order chi connectivity index (χ0) is 24.1. The number of rotatable bonds is 8. The summed E-state index contributed by atoms with van der Waals surface area (Å²) in [6.45, 7) is 9.00. The van der Waals surface area contributed by atoms with Gasteiger partial charge >= 0.3 is 0 Å². The van der Waals surface area contributed by atoms with Crippen LogP contribution in [0.4, 0.5) is 11.5 Å². The van der Waals surface area contributed by atoms with Crippen LogP contribution < -0.4 is 15.5 Å². The first-order valence-corrected chi connectivity index (χ1v) is 12.9. The molecule has 2 aromatic carbocycles. The van der Waals surface area contributed by atoms with Crippen LogP contribution in [-0.2, 0) is 11.8 Å². The lowest BCUT2D eigenvalue weighted by atomic mass is 9.86. The molecule has 0 radical (unpaired) electrons. The molecule has 1 saturated carbocycles. The quantitative estimate of drug-likeness (QED) is 0.383. The molecule has 0 spiro atoms. The Bertz CT molecular complexity index is 1060. The van der Waals surface area contributed by atoms with Gasteiger partial charge in [-0.2, -0.15) is 0 Å². The molecule has 0 aliphatic heterocycles. The zero-order valence-corrected chi connectivity index (χ0v) is 21.7. The monoisotopic (exact) mass is 458 g/mol. The molecule has 4 rings (SSSR count). The van der Waals surface area contributed by atoms with E-state index in [2.05, 4.69) is 105 Å². The van der Waals surface area contributed by atoms with Crippen LogP contribution in [0, 0.1) is 5.92 Å². The summed E-state index contributed by atoms with van der Waals surface area (Å²) in [6, 6.07) is 20.3. The average molecular weight is 459 g/mol. The summed E-state index contributed by atoms with van der Waals surface area (Å²) in [5.41, 5.74) is 5.34. The summed E-state index contributed by atoms with van der Waals surface area (Å²) < 4.78 is 0. The van der Waals surface area contributed by atoms with Gasteiger partial charge in [0.15, 0.2) is 0 Å². The van der Waals surface area contributed by atoms with Gasteiger partial charge in [0.2, 0.25) is 0 Å². The van der Waals surface area contributed by atoms with Crippen LogP contribution in [0.3, 0.4) is 0 Å². The fourth-order valence-corrected chi connectivity index (χ4v) is 5.03. The first kappa shape index (κ1) is 24.5. The molecule has 34 heavy (non-hydrogen) atoms. The molecule has 1 aromatic heterocycles. The molecular weight excluding hydrogens is 416 g/mol. The lowest BCUT2D eigenvalue weighted by Crippen LogP contribution is -2.32. The minimum Gasteiger partial charge on any atom is -0.377 e. The molecule has 1 heterocycles. The Hall–Kier alpha value is -2.59. The molecule has 3 aromatic rings. The van der Waals surface area contributed by atoms with Crippen molar-refractivity contribution in [2.45, 2.75) is 64.3 Å². The highest BCUT2D eigenvalue weighted by molar-refractivity contribution is 5.93. The van der Waals surface area contributed by atoms with Crippen molar-refractivity contribution in [3.63, 3.8) is 0 Å². The predicted octanol–water partition coefficient (Wildman–Crippen LogP) is 6.40. The number of pyridine rings is 1. The van der Waals surface area contributed by atoms with Crippen LogP contribution in [0.2, 0.25) is 0 Å². The maximum absolute atomic E-state index is 4.89. The van der Waals surface area contributed by atoms with Gasteiger partial charge in [0.25, 0.3) is 0 Å². The molecule has 1 fully saturated rings. The second-order valence-corrected chi connectivity index (χ2v) is 11.2.